The van der Waals surface area contributed by atoms with E-state index in [2.05, 4.69) is 0 Å². The molecule has 0 bridgehead atoms. The van der Waals surface area contributed by atoms with Gasteiger partial charge in [-0.3, -0.25) is 9.59 Å². The van der Waals surface area contributed by atoms with Gasteiger partial charge in [0.25, 0.3) is 0 Å². The van der Waals surface area contributed by atoms with Crippen molar-refractivity contribution in [2.45, 2.75) is 0 Å². The van der Waals surface area contributed by atoms with Gasteiger partial charge in [0.05, 0.1) is 5.56 Å². The van der Waals surface area contributed by atoms with Crippen molar-refractivity contribution in [2.24, 2.45) is 5.73 Å². The fourth-order valence-corrected chi connectivity index (χ4v) is 1.70. The largest absolute Gasteiger partial charge is 0.504 e. The van der Waals surface area contributed by atoms with Crippen LogP contribution in [0.1, 0.15) is 20.7 Å². The lowest BCUT2D eigenvalue weighted by Crippen LogP contribution is -2.10. The van der Waals surface area contributed by atoms with Crippen LogP contribution in [-0.4, -0.2) is 17.3 Å². The normalized spacial score (nSPS) is 10.2. The number of rotatable bonds is 3. The Morgan fingerprint density at radius 3 is 2.32 bits per heavy atom. The summed E-state index contributed by atoms with van der Waals surface area (Å²) in [6.45, 7) is 0. The summed E-state index contributed by atoms with van der Waals surface area (Å²) in [5.74, 6) is -2.11. The van der Waals surface area contributed by atoms with Gasteiger partial charge in [0, 0.05) is 5.56 Å². The average molecular weight is 259 g/mol. The Morgan fingerprint density at radius 1 is 1.16 bits per heavy atom. The van der Waals surface area contributed by atoms with E-state index in [-0.39, 0.29) is 5.56 Å². The zero-order chi connectivity index (χ0) is 14.0. The Labute approximate surface area is 108 Å². The molecule has 0 unspecified atom stereocenters. The second-order valence-corrected chi connectivity index (χ2v) is 3.96. The highest BCUT2D eigenvalue weighted by molar-refractivity contribution is 5.93. The Bertz CT molecular complexity index is 650. The number of hydrogen-bond donors (Lipinski definition) is 2. The van der Waals surface area contributed by atoms with Crippen LogP contribution in [0.4, 0.5) is 4.39 Å². The molecule has 0 aliphatic carbocycles. The number of phenolic OH excluding ortho intramolecular Hbond substituents is 1. The number of primary amides is 1. The molecule has 96 valence electrons. The molecule has 2 aromatic rings. The number of halogens is 1. The SMILES string of the molecule is NC(=O)c1ccc(-c2cc(F)c(O)c(C=O)c2)cc1. The lowest BCUT2D eigenvalue weighted by atomic mass is 10.0. The molecule has 0 atom stereocenters. The summed E-state index contributed by atoms with van der Waals surface area (Å²) in [4.78, 5) is 21.6. The molecule has 0 spiro atoms. The van der Waals surface area contributed by atoms with Crippen LogP contribution in [-0.2, 0) is 0 Å². The van der Waals surface area contributed by atoms with E-state index >= 15 is 0 Å². The number of carbonyl (C=O) groups excluding carboxylic acids is 2. The molecule has 0 saturated carbocycles. The summed E-state index contributed by atoms with van der Waals surface area (Å²) in [5.41, 5.74) is 6.34. The third-order valence-electron chi connectivity index (χ3n) is 2.72. The number of aldehydes is 1. The van der Waals surface area contributed by atoms with Gasteiger partial charge >= 0.3 is 0 Å². The molecular weight excluding hydrogens is 249 g/mol. The first kappa shape index (κ1) is 12.8. The number of phenols is 1. The van der Waals surface area contributed by atoms with Crippen molar-refractivity contribution in [3.63, 3.8) is 0 Å². The van der Waals surface area contributed by atoms with Crippen molar-refractivity contribution in [1.82, 2.24) is 0 Å². The maximum atomic E-state index is 13.4. The van der Waals surface area contributed by atoms with Crippen LogP contribution in [0.5, 0.6) is 5.75 Å². The molecular formula is C14H10FNO3. The highest BCUT2D eigenvalue weighted by Crippen LogP contribution is 2.28. The highest BCUT2D eigenvalue weighted by atomic mass is 19.1. The molecule has 0 radical (unpaired) electrons. The van der Waals surface area contributed by atoms with Crippen molar-refractivity contribution in [1.29, 1.82) is 0 Å². The van der Waals surface area contributed by atoms with Crippen LogP contribution >= 0.6 is 0 Å². The highest BCUT2D eigenvalue weighted by Gasteiger charge is 2.10. The monoisotopic (exact) mass is 259 g/mol. The zero-order valence-electron chi connectivity index (χ0n) is 9.76. The van der Waals surface area contributed by atoms with Gasteiger partial charge in [0.2, 0.25) is 5.91 Å². The second-order valence-electron chi connectivity index (χ2n) is 3.96. The predicted molar refractivity (Wildman–Crippen MR) is 67.4 cm³/mol. The number of carbonyl (C=O) groups is 2. The topological polar surface area (TPSA) is 80.4 Å². The molecule has 0 heterocycles. The van der Waals surface area contributed by atoms with Gasteiger partial charge in [-0.1, -0.05) is 12.1 Å². The van der Waals surface area contributed by atoms with Gasteiger partial charge in [-0.15, -0.1) is 0 Å². The van der Waals surface area contributed by atoms with Crippen LogP contribution in [0.3, 0.4) is 0 Å². The summed E-state index contributed by atoms with van der Waals surface area (Å²) < 4.78 is 13.4. The van der Waals surface area contributed by atoms with E-state index < -0.39 is 17.5 Å². The molecule has 2 rings (SSSR count). The summed E-state index contributed by atoms with van der Waals surface area (Å²) in [5, 5.41) is 9.32. The van der Waals surface area contributed by atoms with E-state index in [1.807, 2.05) is 0 Å². The lowest BCUT2D eigenvalue weighted by Gasteiger charge is -2.06. The van der Waals surface area contributed by atoms with Crippen LogP contribution < -0.4 is 5.73 Å². The first-order valence-corrected chi connectivity index (χ1v) is 5.41. The van der Waals surface area contributed by atoms with E-state index in [9.17, 15) is 19.1 Å². The number of benzene rings is 2. The standard InChI is InChI=1S/C14H10FNO3/c15-12-6-10(5-11(7-17)13(12)18)8-1-3-9(4-2-8)14(16)19/h1-7,18H,(H2,16,19). The smallest absolute Gasteiger partial charge is 0.248 e. The molecule has 0 aliphatic rings. The van der Waals surface area contributed by atoms with Crippen LogP contribution in [0, 0.1) is 5.82 Å². The van der Waals surface area contributed by atoms with Gasteiger partial charge in [-0.05, 0) is 35.4 Å². The molecule has 4 nitrogen and oxygen atoms in total. The number of hydrogen-bond acceptors (Lipinski definition) is 3. The molecule has 0 fully saturated rings. The number of aromatic hydroxyl groups is 1. The molecule has 0 saturated heterocycles. The molecule has 0 aliphatic heterocycles. The van der Waals surface area contributed by atoms with Crippen molar-refractivity contribution >= 4 is 12.2 Å². The van der Waals surface area contributed by atoms with Gasteiger partial charge in [0.15, 0.2) is 17.9 Å². The summed E-state index contributed by atoms with van der Waals surface area (Å²) in [6, 6.07) is 8.65. The lowest BCUT2D eigenvalue weighted by molar-refractivity contribution is 0.1000. The van der Waals surface area contributed by atoms with E-state index in [0.29, 0.717) is 23.0 Å². The molecule has 1 amide bonds. The molecule has 5 heteroatoms. The van der Waals surface area contributed by atoms with E-state index in [0.717, 1.165) is 6.07 Å². The van der Waals surface area contributed by atoms with Crippen molar-refractivity contribution < 1.29 is 19.1 Å². The quantitative estimate of drug-likeness (QED) is 0.828. The summed E-state index contributed by atoms with van der Waals surface area (Å²) in [6.07, 6.45) is 0.375. The van der Waals surface area contributed by atoms with E-state index in [4.69, 9.17) is 5.73 Å². The predicted octanol–water partition coefficient (Wildman–Crippen LogP) is 2.11. The second kappa shape index (κ2) is 4.89. The average Bonchev–Trinajstić information content (AvgIpc) is 2.41. The van der Waals surface area contributed by atoms with Crippen LogP contribution in [0.2, 0.25) is 0 Å². The van der Waals surface area contributed by atoms with Crippen molar-refractivity contribution in [3.8, 4) is 16.9 Å². The van der Waals surface area contributed by atoms with Gasteiger partial charge in [0.1, 0.15) is 0 Å². The summed E-state index contributed by atoms with van der Waals surface area (Å²) >= 11 is 0. The van der Waals surface area contributed by atoms with Gasteiger partial charge < -0.3 is 10.8 Å². The van der Waals surface area contributed by atoms with Gasteiger partial charge in [-0.25, -0.2) is 4.39 Å². The Balaban J connectivity index is 2.50. The minimum Gasteiger partial charge on any atom is -0.504 e. The van der Waals surface area contributed by atoms with E-state index in [1.165, 1.54) is 18.2 Å². The minimum atomic E-state index is -0.876. The Kier molecular flexibility index (Phi) is 3.29. The van der Waals surface area contributed by atoms with Crippen LogP contribution in [0.15, 0.2) is 36.4 Å². The maximum Gasteiger partial charge on any atom is 0.248 e. The minimum absolute atomic E-state index is 0.131. The molecule has 2 aromatic carbocycles. The van der Waals surface area contributed by atoms with Gasteiger partial charge in [-0.2, -0.15) is 0 Å². The fraction of sp³-hybridized carbons (Fsp3) is 0. The Hall–Kier alpha value is -2.69. The molecule has 19 heavy (non-hydrogen) atoms. The first-order valence-electron chi connectivity index (χ1n) is 5.41. The van der Waals surface area contributed by atoms with E-state index in [1.54, 1.807) is 12.1 Å². The van der Waals surface area contributed by atoms with Crippen LogP contribution in [0.25, 0.3) is 11.1 Å². The zero-order valence-corrected chi connectivity index (χ0v) is 9.76. The Morgan fingerprint density at radius 2 is 1.79 bits per heavy atom. The third kappa shape index (κ3) is 2.44. The molecule has 0 aromatic heterocycles. The fourth-order valence-electron chi connectivity index (χ4n) is 1.70. The third-order valence-corrected chi connectivity index (χ3v) is 2.72. The maximum absolute atomic E-state index is 13.4. The van der Waals surface area contributed by atoms with Crippen molar-refractivity contribution in [3.05, 3.63) is 53.3 Å². The number of nitrogens with two attached hydrogens (primary N) is 1. The first-order chi connectivity index (χ1) is 9.02. The molecule has 3 N–H and O–H groups in total. The number of amides is 1. The summed E-state index contributed by atoms with van der Waals surface area (Å²) in [7, 11) is 0. The van der Waals surface area contributed by atoms with Crippen molar-refractivity contribution in [2.75, 3.05) is 0 Å².